The number of amides is 1. The molecule has 3 rings (SSSR count). The van der Waals surface area contributed by atoms with Gasteiger partial charge in [-0.3, -0.25) is 4.79 Å². The Morgan fingerprint density at radius 1 is 0.964 bits per heavy atom. The highest BCUT2D eigenvalue weighted by Crippen LogP contribution is 2.28. The Morgan fingerprint density at radius 3 is 2.46 bits per heavy atom. The van der Waals surface area contributed by atoms with Crippen molar-refractivity contribution in [1.82, 2.24) is 4.90 Å². The van der Waals surface area contributed by atoms with Crippen molar-refractivity contribution in [2.24, 2.45) is 0 Å². The van der Waals surface area contributed by atoms with Crippen LogP contribution in [0.15, 0.2) is 60.0 Å². The maximum Gasteiger partial charge on any atom is 0.227 e. The molecule has 0 saturated heterocycles. The Balaban J connectivity index is 1.81. The van der Waals surface area contributed by atoms with Crippen LogP contribution in [-0.4, -0.2) is 25.0 Å². The number of hydrogen-bond donors (Lipinski definition) is 0. The fraction of sp³-hybridized carbons (Fsp3) is 0.227. The maximum atomic E-state index is 13.5. The van der Waals surface area contributed by atoms with Gasteiger partial charge in [-0.1, -0.05) is 24.3 Å². The molecule has 0 aliphatic heterocycles. The van der Waals surface area contributed by atoms with Crippen LogP contribution >= 0.6 is 11.3 Å². The number of ether oxygens (including phenoxy) is 2. The maximum absolute atomic E-state index is 13.5. The number of methoxy groups -OCH3 is 2. The lowest BCUT2D eigenvalue weighted by molar-refractivity contribution is -0.131. The van der Waals surface area contributed by atoms with Crippen LogP contribution in [0.4, 0.5) is 4.39 Å². The molecule has 0 fully saturated rings. The summed E-state index contributed by atoms with van der Waals surface area (Å²) in [4.78, 5) is 15.9. The van der Waals surface area contributed by atoms with E-state index in [0.717, 1.165) is 10.4 Å². The van der Waals surface area contributed by atoms with Gasteiger partial charge in [0, 0.05) is 11.4 Å². The van der Waals surface area contributed by atoms with Gasteiger partial charge in [0.15, 0.2) is 11.5 Å². The number of carbonyl (C=O) groups is 1. The summed E-state index contributed by atoms with van der Waals surface area (Å²) >= 11 is 1.60. The van der Waals surface area contributed by atoms with Crippen molar-refractivity contribution in [3.05, 3.63) is 81.8 Å². The Morgan fingerprint density at radius 2 is 1.79 bits per heavy atom. The summed E-state index contributed by atoms with van der Waals surface area (Å²) < 4.78 is 24.1. The van der Waals surface area contributed by atoms with Gasteiger partial charge in [-0.05, 0) is 46.8 Å². The molecule has 0 atom stereocenters. The first-order valence-electron chi connectivity index (χ1n) is 8.84. The molecule has 3 aromatic rings. The van der Waals surface area contributed by atoms with Gasteiger partial charge < -0.3 is 14.4 Å². The Bertz CT molecular complexity index is 927. The predicted molar refractivity (Wildman–Crippen MR) is 108 cm³/mol. The van der Waals surface area contributed by atoms with Gasteiger partial charge in [-0.25, -0.2) is 4.39 Å². The first-order chi connectivity index (χ1) is 13.6. The average Bonchev–Trinajstić information content (AvgIpc) is 3.20. The standard InChI is InChI=1S/C22H22FNO3S/c1-26-20-9-8-17(12-21(20)27-2)14-24(15-19-7-4-10-28-19)22(25)13-16-5-3-6-18(23)11-16/h3-12H,13-15H2,1-2H3. The minimum absolute atomic E-state index is 0.0613. The molecule has 1 heterocycles. The van der Waals surface area contributed by atoms with Gasteiger partial charge in [0.2, 0.25) is 5.91 Å². The molecule has 0 bridgehead atoms. The number of thiophene rings is 1. The zero-order valence-electron chi connectivity index (χ0n) is 15.9. The van der Waals surface area contributed by atoms with Crippen molar-refractivity contribution in [1.29, 1.82) is 0 Å². The van der Waals surface area contributed by atoms with E-state index in [2.05, 4.69) is 0 Å². The molecule has 0 saturated carbocycles. The number of hydrogen-bond acceptors (Lipinski definition) is 4. The Hall–Kier alpha value is -2.86. The molecule has 28 heavy (non-hydrogen) atoms. The second kappa shape index (κ2) is 9.37. The fourth-order valence-corrected chi connectivity index (χ4v) is 3.68. The highest BCUT2D eigenvalue weighted by atomic mass is 32.1. The van der Waals surface area contributed by atoms with Gasteiger partial charge in [0.05, 0.1) is 27.2 Å². The van der Waals surface area contributed by atoms with Crippen LogP contribution in [0.25, 0.3) is 0 Å². The zero-order chi connectivity index (χ0) is 19.9. The van der Waals surface area contributed by atoms with Gasteiger partial charge >= 0.3 is 0 Å². The SMILES string of the molecule is COc1ccc(CN(Cc2cccs2)C(=O)Cc2cccc(F)c2)cc1OC. The van der Waals surface area contributed by atoms with Gasteiger partial charge in [0.25, 0.3) is 0 Å². The third-order valence-corrected chi connectivity index (χ3v) is 5.21. The van der Waals surface area contributed by atoms with E-state index in [1.165, 1.54) is 12.1 Å². The quantitative estimate of drug-likeness (QED) is 0.552. The molecule has 2 aromatic carbocycles. The topological polar surface area (TPSA) is 38.8 Å². The first kappa shape index (κ1) is 19.9. The van der Waals surface area contributed by atoms with Gasteiger partial charge in [0.1, 0.15) is 5.82 Å². The molecular weight excluding hydrogens is 377 g/mol. The highest BCUT2D eigenvalue weighted by Gasteiger charge is 2.17. The summed E-state index contributed by atoms with van der Waals surface area (Å²) in [5.74, 6) is 0.861. The summed E-state index contributed by atoms with van der Waals surface area (Å²) in [5, 5.41) is 1.99. The largest absolute Gasteiger partial charge is 0.493 e. The monoisotopic (exact) mass is 399 g/mol. The minimum atomic E-state index is -0.338. The van der Waals surface area contributed by atoms with Crippen LogP contribution in [-0.2, 0) is 24.3 Å². The number of rotatable bonds is 8. The van der Waals surface area contributed by atoms with E-state index in [0.29, 0.717) is 30.2 Å². The summed E-state index contributed by atoms with van der Waals surface area (Å²) in [5.41, 5.74) is 1.59. The second-order valence-electron chi connectivity index (χ2n) is 6.33. The van der Waals surface area contributed by atoms with Crippen LogP contribution < -0.4 is 9.47 Å². The Kier molecular flexibility index (Phi) is 6.66. The van der Waals surface area contributed by atoms with Crippen LogP contribution in [0.5, 0.6) is 11.5 Å². The highest BCUT2D eigenvalue weighted by molar-refractivity contribution is 7.09. The Labute approximate surface area is 168 Å². The molecule has 0 spiro atoms. The third-order valence-electron chi connectivity index (χ3n) is 4.35. The zero-order valence-corrected chi connectivity index (χ0v) is 16.7. The smallest absolute Gasteiger partial charge is 0.227 e. The van der Waals surface area contributed by atoms with Crippen molar-refractivity contribution >= 4 is 17.2 Å². The molecule has 0 aliphatic rings. The molecule has 6 heteroatoms. The van der Waals surface area contributed by atoms with Crippen LogP contribution in [0.1, 0.15) is 16.0 Å². The van der Waals surface area contributed by atoms with Crippen molar-refractivity contribution in [3.8, 4) is 11.5 Å². The lowest BCUT2D eigenvalue weighted by atomic mass is 10.1. The fourth-order valence-electron chi connectivity index (χ4n) is 2.96. The van der Waals surface area contributed by atoms with E-state index in [1.807, 2.05) is 35.7 Å². The minimum Gasteiger partial charge on any atom is -0.493 e. The average molecular weight is 399 g/mol. The molecule has 1 amide bonds. The van der Waals surface area contributed by atoms with E-state index in [1.54, 1.807) is 42.6 Å². The van der Waals surface area contributed by atoms with E-state index in [9.17, 15) is 9.18 Å². The second-order valence-corrected chi connectivity index (χ2v) is 7.36. The molecule has 0 unspecified atom stereocenters. The summed E-state index contributed by atoms with van der Waals surface area (Å²) in [6.45, 7) is 0.923. The van der Waals surface area contributed by atoms with E-state index < -0.39 is 0 Å². The van der Waals surface area contributed by atoms with Gasteiger partial charge in [-0.15, -0.1) is 11.3 Å². The van der Waals surface area contributed by atoms with Crippen LogP contribution in [0.3, 0.4) is 0 Å². The number of halogens is 1. The van der Waals surface area contributed by atoms with E-state index in [-0.39, 0.29) is 18.1 Å². The van der Waals surface area contributed by atoms with Crippen LogP contribution in [0, 0.1) is 5.82 Å². The molecule has 4 nitrogen and oxygen atoms in total. The molecule has 0 N–H and O–H groups in total. The summed E-state index contributed by atoms with van der Waals surface area (Å²) in [6.07, 6.45) is 0.149. The normalized spacial score (nSPS) is 10.5. The first-order valence-corrected chi connectivity index (χ1v) is 9.72. The lowest BCUT2D eigenvalue weighted by Crippen LogP contribution is -2.31. The van der Waals surface area contributed by atoms with Gasteiger partial charge in [-0.2, -0.15) is 0 Å². The number of nitrogens with zero attached hydrogens (tertiary/aromatic N) is 1. The molecule has 0 aliphatic carbocycles. The summed E-state index contributed by atoms with van der Waals surface area (Å²) in [6, 6.07) is 15.7. The molecule has 0 radical (unpaired) electrons. The predicted octanol–water partition coefficient (Wildman–Crippen LogP) is 4.68. The number of benzene rings is 2. The van der Waals surface area contributed by atoms with Crippen molar-refractivity contribution < 1.29 is 18.7 Å². The molecular formula is C22H22FNO3S. The molecule has 146 valence electrons. The third kappa shape index (κ3) is 5.10. The molecule has 1 aromatic heterocycles. The van der Waals surface area contributed by atoms with Crippen LogP contribution in [0.2, 0.25) is 0 Å². The van der Waals surface area contributed by atoms with Crippen molar-refractivity contribution in [2.75, 3.05) is 14.2 Å². The van der Waals surface area contributed by atoms with Crippen molar-refractivity contribution in [3.63, 3.8) is 0 Å². The number of carbonyl (C=O) groups excluding carboxylic acids is 1. The lowest BCUT2D eigenvalue weighted by Gasteiger charge is -2.23. The van der Waals surface area contributed by atoms with E-state index in [4.69, 9.17) is 9.47 Å². The van der Waals surface area contributed by atoms with Crippen molar-refractivity contribution in [2.45, 2.75) is 19.5 Å². The van der Waals surface area contributed by atoms with E-state index >= 15 is 0 Å². The summed E-state index contributed by atoms with van der Waals surface area (Å²) in [7, 11) is 3.17.